The lowest BCUT2D eigenvalue weighted by molar-refractivity contribution is -0.141. The average Bonchev–Trinajstić information content (AvgIpc) is 2.77. The van der Waals surface area contributed by atoms with Gasteiger partial charge in [0.1, 0.15) is 10.8 Å². The minimum Gasteiger partial charge on any atom is -0.469 e. The van der Waals surface area contributed by atoms with E-state index in [4.69, 9.17) is 9.72 Å². The number of hydrogen-bond acceptors (Lipinski definition) is 6. The number of rotatable bonds is 7. The molecule has 0 N–H and O–H groups in total. The number of aromatic nitrogens is 1. The first-order chi connectivity index (χ1) is 14.1. The molecule has 1 aromatic heterocycles. The monoisotopic (exact) mass is 419 g/mol. The largest absolute Gasteiger partial charge is 0.469 e. The Morgan fingerprint density at radius 1 is 1.17 bits per heavy atom. The van der Waals surface area contributed by atoms with Crippen LogP contribution >= 0.6 is 11.8 Å². The standard InChI is InChI=1S/C22H33N3O3S/c1-3-14-29-21-18(22(27)24-11-5-4-6-12-24)9-10-19(23-21)25-13-7-8-17(16-25)15-20(26)28-2/h9-10,17H,3-8,11-16H2,1-2H3/t17-/m0/s1. The molecular weight excluding hydrogens is 386 g/mol. The molecule has 0 aliphatic carbocycles. The van der Waals surface area contributed by atoms with Crippen LogP contribution in [0.1, 0.15) is 62.2 Å². The predicted octanol–water partition coefficient (Wildman–Crippen LogP) is 3.99. The molecule has 6 nitrogen and oxygen atoms in total. The van der Waals surface area contributed by atoms with Gasteiger partial charge in [0.15, 0.2) is 0 Å². The smallest absolute Gasteiger partial charge is 0.305 e. The van der Waals surface area contributed by atoms with Gasteiger partial charge >= 0.3 is 5.97 Å². The van der Waals surface area contributed by atoms with E-state index in [-0.39, 0.29) is 11.9 Å². The lowest BCUT2D eigenvalue weighted by Crippen LogP contribution is -2.37. The van der Waals surface area contributed by atoms with Crippen LogP contribution < -0.4 is 4.90 Å². The highest BCUT2D eigenvalue weighted by Gasteiger charge is 2.26. The zero-order valence-electron chi connectivity index (χ0n) is 17.7. The van der Waals surface area contributed by atoms with Crippen molar-refractivity contribution in [2.75, 3.05) is 43.9 Å². The molecule has 2 fully saturated rings. The second-order valence-corrected chi connectivity index (χ2v) is 9.04. The highest BCUT2D eigenvalue weighted by Crippen LogP contribution is 2.29. The summed E-state index contributed by atoms with van der Waals surface area (Å²) in [5, 5.41) is 0.843. The van der Waals surface area contributed by atoms with Crippen molar-refractivity contribution in [1.29, 1.82) is 0 Å². The second kappa shape index (κ2) is 10.9. The molecule has 3 heterocycles. The van der Waals surface area contributed by atoms with Gasteiger partial charge in [-0.3, -0.25) is 9.59 Å². The summed E-state index contributed by atoms with van der Waals surface area (Å²) in [5.41, 5.74) is 0.734. The van der Waals surface area contributed by atoms with E-state index in [0.717, 1.165) is 80.4 Å². The SMILES string of the molecule is CCCSc1nc(N2CCC[C@@H](CC(=O)OC)C2)ccc1C(=O)N1CCCCC1. The summed E-state index contributed by atoms with van der Waals surface area (Å²) >= 11 is 1.67. The fourth-order valence-corrected chi connectivity index (χ4v) is 4.97. The van der Waals surface area contributed by atoms with Gasteiger partial charge in [0.25, 0.3) is 5.91 Å². The van der Waals surface area contributed by atoms with Gasteiger partial charge in [-0.2, -0.15) is 0 Å². The number of pyridine rings is 1. The number of thioether (sulfide) groups is 1. The summed E-state index contributed by atoms with van der Waals surface area (Å²) in [6.45, 7) is 5.58. The number of likely N-dealkylation sites (tertiary alicyclic amines) is 1. The number of nitrogens with zero attached hydrogens (tertiary/aromatic N) is 3. The van der Waals surface area contributed by atoms with Crippen LogP contribution in [0.3, 0.4) is 0 Å². The van der Waals surface area contributed by atoms with E-state index >= 15 is 0 Å². The molecule has 2 aliphatic rings. The molecule has 2 saturated heterocycles. The minimum atomic E-state index is -0.147. The average molecular weight is 420 g/mol. The van der Waals surface area contributed by atoms with Gasteiger partial charge in [-0.15, -0.1) is 11.8 Å². The minimum absolute atomic E-state index is 0.115. The van der Waals surface area contributed by atoms with E-state index in [1.54, 1.807) is 11.8 Å². The van der Waals surface area contributed by atoms with Crippen LogP contribution in [0.15, 0.2) is 17.2 Å². The Labute approximate surface area is 178 Å². The quantitative estimate of drug-likeness (QED) is 0.492. The molecule has 1 aromatic rings. The maximum Gasteiger partial charge on any atom is 0.305 e. The van der Waals surface area contributed by atoms with Crippen molar-refractivity contribution in [3.8, 4) is 0 Å². The molecule has 7 heteroatoms. The number of anilines is 1. The number of amides is 1. The van der Waals surface area contributed by atoms with E-state index in [1.165, 1.54) is 13.5 Å². The van der Waals surface area contributed by atoms with Gasteiger partial charge in [0, 0.05) is 32.6 Å². The van der Waals surface area contributed by atoms with Crippen molar-refractivity contribution in [2.45, 2.75) is 56.9 Å². The Morgan fingerprint density at radius 2 is 1.97 bits per heavy atom. The van der Waals surface area contributed by atoms with E-state index in [0.29, 0.717) is 12.3 Å². The number of carbonyl (C=O) groups excluding carboxylic acids is 2. The van der Waals surface area contributed by atoms with Crippen LogP contribution in [0, 0.1) is 5.92 Å². The van der Waals surface area contributed by atoms with Gasteiger partial charge in [-0.1, -0.05) is 6.92 Å². The van der Waals surface area contributed by atoms with Crippen LogP contribution in [0.5, 0.6) is 0 Å². The summed E-state index contributed by atoms with van der Waals surface area (Å²) < 4.78 is 4.84. The molecule has 2 aliphatic heterocycles. The number of methoxy groups -OCH3 is 1. The first kappa shape index (κ1) is 21.9. The first-order valence-electron chi connectivity index (χ1n) is 10.9. The van der Waals surface area contributed by atoms with E-state index in [2.05, 4.69) is 11.8 Å². The number of hydrogen-bond donors (Lipinski definition) is 0. The molecule has 0 unspecified atom stereocenters. The van der Waals surface area contributed by atoms with Crippen LogP contribution in [0.4, 0.5) is 5.82 Å². The Morgan fingerprint density at radius 3 is 2.69 bits per heavy atom. The van der Waals surface area contributed by atoms with Crippen molar-refractivity contribution in [1.82, 2.24) is 9.88 Å². The topological polar surface area (TPSA) is 62.7 Å². The molecular formula is C22H33N3O3S. The molecule has 29 heavy (non-hydrogen) atoms. The second-order valence-electron chi connectivity index (χ2n) is 7.96. The normalized spacial score (nSPS) is 19.9. The van der Waals surface area contributed by atoms with Crippen molar-refractivity contribution < 1.29 is 14.3 Å². The Kier molecular flexibility index (Phi) is 8.21. The van der Waals surface area contributed by atoms with Crippen LogP contribution in [0.2, 0.25) is 0 Å². The van der Waals surface area contributed by atoms with E-state index in [9.17, 15) is 9.59 Å². The van der Waals surface area contributed by atoms with Gasteiger partial charge in [0.2, 0.25) is 0 Å². The summed E-state index contributed by atoms with van der Waals surface area (Å²) in [6, 6.07) is 3.94. The first-order valence-corrected chi connectivity index (χ1v) is 11.9. The lowest BCUT2D eigenvalue weighted by Gasteiger charge is -2.33. The summed E-state index contributed by atoms with van der Waals surface area (Å²) in [5.74, 6) is 2.12. The highest BCUT2D eigenvalue weighted by atomic mass is 32.2. The zero-order valence-corrected chi connectivity index (χ0v) is 18.5. The van der Waals surface area contributed by atoms with Crippen LogP contribution in [-0.2, 0) is 9.53 Å². The molecule has 1 amide bonds. The van der Waals surface area contributed by atoms with Crippen molar-refractivity contribution in [3.05, 3.63) is 17.7 Å². The summed E-state index contributed by atoms with van der Waals surface area (Å²) in [4.78, 5) is 33.9. The number of ether oxygens (including phenoxy) is 1. The maximum absolute atomic E-state index is 13.1. The Hall–Kier alpha value is -1.76. The fraction of sp³-hybridized carbons (Fsp3) is 0.682. The highest BCUT2D eigenvalue weighted by molar-refractivity contribution is 7.99. The van der Waals surface area contributed by atoms with Crippen LogP contribution in [0.25, 0.3) is 0 Å². The van der Waals surface area contributed by atoms with Gasteiger partial charge in [-0.25, -0.2) is 4.98 Å². The molecule has 3 rings (SSSR count). The third-order valence-electron chi connectivity index (χ3n) is 5.69. The van der Waals surface area contributed by atoms with Gasteiger partial charge in [-0.05, 0) is 62.3 Å². The van der Waals surface area contributed by atoms with Crippen molar-refractivity contribution in [3.63, 3.8) is 0 Å². The lowest BCUT2D eigenvalue weighted by atomic mass is 9.95. The molecule has 0 spiro atoms. The molecule has 1 atom stereocenters. The van der Waals surface area contributed by atoms with Crippen molar-refractivity contribution in [2.24, 2.45) is 5.92 Å². The Balaban J connectivity index is 1.77. The Bertz CT molecular complexity index is 707. The summed E-state index contributed by atoms with van der Waals surface area (Å²) in [7, 11) is 1.44. The summed E-state index contributed by atoms with van der Waals surface area (Å²) in [6.07, 6.45) is 6.95. The maximum atomic E-state index is 13.1. The number of carbonyl (C=O) groups is 2. The third kappa shape index (κ3) is 5.87. The molecule has 0 saturated carbocycles. The van der Waals surface area contributed by atoms with E-state index in [1.807, 2.05) is 17.0 Å². The number of piperidine rings is 2. The van der Waals surface area contributed by atoms with Gasteiger partial charge < -0.3 is 14.5 Å². The predicted molar refractivity (Wildman–Crippen MR) is 117 cm³/mol. The van der Waals surface area contributed by atoms with Crippen molar-refractivity contribution >= 4 is 29.5 Å². The molecule has 160 valence electrons. The molecule has 0 radical (unpaired) electrons. The molecule has 0 bridgehead atoms. The third-order valence-corrected chi connectivity index (χ3v) is 6.89. The zero-order chi connectivity index (χ0) is 20.6. The fourth-order valence-electron chi connectivity index (χ4n) is 4.10. The van der Waals surface area contributed by atoms with Crippen LogP contribution in [-0.4, -0.2) is 60.8 Å². The van der Waals surface area contributed by atoms with Gasteiger partial charge in [0.05, 0.1) is 12.7 Å². The number of esters is 1. The molecule has 0 aromatic carbocycles. The van der Waals surface area contributed by atoms with E-state index < -0.39 is 0 Å².